The van der Waals surface area contributed by atoms with E-state index in [1.807, 2.05) is 12.5 Å². The van der Waals surface area contributed by atoms with Crippen molar-refractivity contribution in [3.63, 3.8) is 0 Å². The maximum Gasteiger partial charge on any atom is 0.0948 e. The second-order valence-corrected chi connectivity index (χ2v) is 3.78. The maximum absolute atomic E-state index is 5.48. The van der Waals surface area contributed by atoms with Crippen LogP contribution in [0.25, 0.3) is 0 Å². The van der Waals surface area contributed by atoms with Crippen LogP contribution in [0.4, 0.5) is 0 Å². The maximum atomic E-state index is 5.48. The summed E-state index contributed by atoms with van der Waals surface area (Å²) in [5.74, 6) is 0.778. The predicted molar refractivity (Wildman–Crippen MR) is 52.5 cm³/mol. The first-order chi connectivity index (χ1) is 6.42. The quantitative estimate of drug-likeness (QED) is 0.761. The zero-order valence-electron chi connectivity index (χ0n) is 7.95. The van der Waals surface area contributed by atoms with Gasteiger partial charge in [-0.2, -0.15) is 0 Å². The van der Waals surface area contributed by atoms with Gasteiger partial charge in [-0.3, -0.25) is 0 Å². The molecular weight excluding hydrogens is 162 g/mol. The monoisotopic (exact) mass is 179 g/mol. The molecule has 1 aliphatic carbocycles. The number of hydrogen-bond acceptors (Lipinski definition) is 2. The van der Waals surface area contributed by atoms with Gasteiger partial charge >= 0.3 is 0 Å². The van der Waals surface area contributed by atoms with Gasteiger partial charge in [0.15, 0.2) is 0 Å². The molecule has 1 fully saturated rings. The fourth-order valence-electron chi connectivity index (χ4n) is 1.82. The van der Waals surface area contributed by atoms with E-state index in [4.69, 9.17) is 5.73 Å². The third-order valence-electron chi connectivity index (χ3n) is 2.87. The molecule has 0 aromatic carbocycles. The molecule has 1 aromatic rings. The first kappa shape index (κ1) is 8.75. The van der Waals surface area contributed by atoms with E-state index in [1.54, 1.807) is 0 Å². The lowest BCUT2D eigenvalue weighted by atomic mass is 9.83. The third kappa shape index (κ3) is 1.75. The lowest BCUT2D eigenvalue weighted by molar-refractivity contribution is 0.395. The van der Waals surface area contributed by atoms with Gasteiger partial charge in [-0.05, 0) is 25.8 Å². The fraction of sp³-hybridized carbons (Fsp3) is 0.700. The van der Waals surface area contributed by atoms with Gasteiger partial charge in [0.2, 0.25) is 0 Å². The van der Waals surface area contributed by atoms with E-state index < -0.39 is 0 Å². The van der Waals surface area contributed by atoms with Crippen molar-refractivity contribution in [1.82, 2.24) is 9.55 Å². The Labute approximate surface area is 79.0 Å². The predicted octanol–water partition coefficient (Wildman–Crippen LogP) is 1.50. The Hall–Kier alpha value is -0.830. The van der Waals surface area contributed by atoms with E-state index in [9.17, 15) is 0 Å². The van der Waals surface area contributed by atoms with Crippen LogP contribution in [0.2, 0.25) is 0 Å². The molecule has 0 amide bonds. The summed E-state index contributed by atoms with van der Waals surface area (Å²) in [6, 6.07) is 0. The van der Waals surface area contributed by atoms with Gasteiger partial charge in [-0.1, -0.05) is 6.42 Å². The minimum Gasteiger partial charge on any atom is -0.334 e. The fourth-order valence-corrected chi connectivity index (χ4v) is 1.82. The highest BCUT2D eigenvalue weighted by atomic mass is 15.0. The topological polar surface area (TPSA) is 43.8 Å². The van der Waals surface area contributed by atoms with Crippen molar-refractivity contribution < 1.29 is 0 Å². The van der Waals surface area contributed by atoms with Crippen molar-refractivity contribution in [3.05, 3.63) is 18.2 Å². The van der Waals surface area contributed by atoms with E-state index in [0.29, 0.717) is 0 Å². The van der Waals surface area contributed by atoms with Crippen LogP contribution in [-0.2, 0) is 6.54 Å². The number of rotatable bonds is 4. The first-order valence-corrected chi connectivity index (χ1v) is 5.12. The molecule has 2 N–H and O–H groups in total. The smallest absolute Gasteiger partial charge is 0.0948 e. The van der Waals surface area contributed by atoms with Gasteiger partial charge in [0.1, 0.15) is 0 Å². The van der Waals surface area contributed by atoms with Crippen LogP contribution in [0.5, 0.6) is 0 Å². The van der Waals surface area contributed by atoms with Crippen LogP contribution >= 0.6 is 0 Å². The Morgan fingerprint density at radius 2 is 2.38 bits per heavy atom. The summed E-state index contributed by atoms with van der Waals surface area (Å²) in [5.41, 5.74) is 6.90. The van der Waals surface area contributed by atoms with Crippen molar-refractivity contribution >= 4 is 0 Å². The third-order valence-corrected chi connectivity index (χ3v) is 2.87. The van der Waals surface area contributed by atoms with E-state index in [-0.39, 0.29) is 0 Å². The highest BCUT2D eigenvalue weighted by molar-refractivity contribution is 5.09. The molecule has 3 heteroatoms. The molecule has 3 nitrogen and oxygen atoms in total. The summed E-state index contributed by atoms with van der Waals surface area (Å²) in [6.07, 6.45) is 9.06. The zero-order chi connectivity index (χ0) is 9.10. The van der Waals surface area contributed by atoms with E-state index in [0.717, 1.165) is 25.4 Å². The first-order valence-electron chi connectivity index (χ1n) is 5.12. The summed E-state index contributed by atoms with van der Waals surface area (Å²) >= 11 is 0. The standard InChI is InChI=1S/C10H17N3/c11-5-2-6-13-8-12-7-10(13)9-3-1-4-9/h7-9H,1-6,11H2. The van der Waals surface area contributed by atoms with Gasteiger partial charge in [0.05, 0.1) is 6.33 Å². The van der Waals surface area contributed by atoms with Crippen molar-refractivity contribution in [2.24, 2.45) is 5.73 Å². The Morgan fingerprint density at radius 1 is 1.54 bits per heavy atom. The Kier molecular flexibility index (Phi) is 2.64. The number of imidazole rings is 1. The average Bonchev–Trinajstić information content (AvgIpc) is 2.46. The van der Waals surface area contributed by atoms with E-state index in [1.165, 1.54) is 25.0 Å². The highest BCUT2D eigenvalue weighted by Gasteiger charge is 2.22. The summed E-state index contributed by atoms with van der Waals surface area (Å²) in [4.78, 5) is 4.20. The summed E-state index contributed by atoms with van der Waals surface area (Å²) in [5, 5.41) is 0. The molecular formula is C10H17N3. The Morgan fingerprint density at radius 3 is 3.00 bits per heavy atom. The summed E-state index contributed by atoms with van der Waals surface area (Å²) < 4.78 is 2.26. The van der Waals surface area contributed by atoms with E-state index in [2.05, 4.69) is 9.55 Å². The molecule has 0 unspecified atom stereocenters. The van der Waals surface area contributed by atoms with Gasteiger partial charge in [-0.25, -0.2) is 4.98 Å². The van der Waals surface area contributed by atoms with Gasteiger partial charge in [0.25, 0.3) is 0 Å². The molecule has 0 radical (unpaired) electrons. The van der Waals surface area contributed by atoms with Crippen molar-refractivity contribution in [2.45, 2.75) is 38.1 Å². The van der Waals surface area contributed by atoms with E-state index >= 15 is 0 Å². The molecule has 72 valence electrons. The second kappa shape index (κ2) is 3.92. The number of nitrogens with two attached hydrogens (primary N) is 1. The van der Waals surface area contributed by atoms with Crippen LogP contribution in [0.15, 0.2) is 12.5 Å². The van der Waals surface area contributed by atoms with Crippen molar-refractivity contribution in [3.8, 4) is 0 Å². The highest BCUT2D eigenvalue weighted by Crippen LogP contribution is 2.35. The molecule has 0 spiro atoms. The van der Waals surface area contributed by atoms with Gasteiger partial charge in [0, 0.05) is 24.4 Å². The average molecular weight is 179 g/mol. The number of aromatic nitrogens is 2. The second-order valence-electron chi connectivity index (χ2n) is 3.78. The molecule has 1 heterocycles. The molecule has 0 aliphatic heterocycles. The molecule has 0 bridgehead atoms. The van der Waals surface area contributed by atoms with Crippen molar-refractivity contribution in [1.29, 1.82) is 0 Å². The number of hydrogen-bond donors (Lipinski definition) is 1. The summed E-state index contributed by atoms with van der Waals surface area (Å²) in [7, 11) is 0. The van der Waals surface area contributed by atoms with Gasteiger partial charge in [-0.15, -0.1) is 0 Å². The Bertz CT molecular complexity index is 263. The van der Waals surface area contributed by atoms with Crippen LogP contribution < -0.4 is 5.73 Å². The van der Waals surface area contributed by atoms with Crippen LogP contribution in [0, 0.1) is 0 Å². The Balaban J connectivity index is 2.02. The largest absolute Gasteiger partial charge is 0.334 e. The lowest BCUT2D eigenvalue weighted by Gasteiger charge is -2.26. The van der Waals surface area contributed by atoms with Crippen LogP contribution in [0.1, 0.15) is 37.3 Å². The van der Waals surface area contributed by atoms with Crippen LogP contribution in [-0.4, -0.2) is 16.1 Å². The minimum absolute atomic E-state index is 0.766. The minimum atomic E-state index is 0.766. The molecule has 1 saturated carbocycles. The van der Waals surface area contributed by atoms with Crippen LogP contribution in [0.3, 0.4) is 0 Å². The molecule has 1 aromatic heterocycles. The lowest BCUT2D eigenvalue weighted by Crippen LogP contribution is -2.15. The molecule has 13 heavy (non-hydrogen) atoms. The number of nitrogens with zero attached hydrogens (tertiary/aromatic N) is 2. The normalized spacial score (nSPS) is 17.3. The number of aryl methyl sites for hydroxylation is 1. The van der Waals surface area contributed by atoms with Crippen molar-refractivity contribution in [2.75, 3.05) is 6.54 Å². The molecule has 2 rings (SSSR count). The zero-order valence-corrected chi connectivity index (χ0v) is 7.95. The molecule has 0 atom stereocenters. The molecule has 1 aliphatic rings. The molecule has 0 saturated heterocycles. The summed E-state index contributed by atoms with van der Waals surface area (Å²) in [6.45, 7) is 1.80. The SMILES string of the molecule is NCCCn1cncc1C1CCC1. The van der Waals surface area contributed by atoms with Gasteiger partial charge < -0.3 is 10.3 Å².